The molecule has 5 aromatic rings. The van der Waals surface area contributed by atoms with Crippen molar-refractivity contribution < 1.29 is 9.13 Å². The predicted molar refractivity (Wildman–Crippen MR) is 132 cm³/mol. The summed E-state index contributed by atoms with van der Waals surface area (Å²) >= 11 is 0. The van der Waals surface area contributed by atoms with E-state index in [9.17, 15) is 4.39 Å². The highest BCUT2D eigenvalue weighted by Gasteiger charge is 2.17. The number of aryl methyl sites for hydroxylation is 3. The molecule has 8 heteroatoms. The van der Waals surface area contributed by atoms with E-state index in [1.165, 1.54) is 12.3 Å². The first-order valence-electron chi connectivity index (χ1n) is 10.9. The van der Waals surface area contributed by atoms with Gasteiger partial charge in [0.05, 0.1) is 17.1 Å². The van der Waals surface area contributed by atoms with E-state index in [-0.39, 0.29) is 0 Å². The van der Waals surface area contributed by atoms with Crippen LogP contribution in [0.15, 0.2) is 67.0 Å². The minimum Gasteiger partial charge on any atom is -0.436 e. The van der Waals surface area contributed by atoms with Crippen molar-refractivity contribution in [3.05, 3.63) is 89.6 Å². The number of hydrogen-bond donors (Lipinski definition) is 1. The minimum atomic E-state index is -0.521. The number of ether oxygens (including phenoxy) is 1. The van der Waals surface area contributed by atoms with Crippen molar-refractivity contribution in [2.24, 2.45) is 7.05 Å². The zero-order valence-electron chi connectivity index (χ0n) is 19.4. The standard InChI is InChI=1S/C27H21FN6O/c1-16-12-20(19-8-10-30-23(28)14-19)13-17(2)25(16)35-26-24-22(9-11-34(24)3)32-27(33-26)31-21-6-4-18(15-29)5-7-21/h4-14H,1-3H3,(H,31,32,33). The van der Waals surface area contributed by atoms with Crippen LogP contribution < -0.4 is 10.1 Å². The first kappa shape index (κ1) is 22.0. The minimum absolute atomic E-state index is 0.377. The van der Waals surface area contributed by atoms with Crippen molar-refractivity contribution >= 4 is 22.7 Å². The number of halogens is 1. The smallest absolute Gasteiger partial charge is 0.249 e. The molecule has 0 saturated carbocycles. The van der Waals surface area contributed by atoms with Crippen LogP contribution in [0.2, 0.25) is 0 Å². The number of fused-ring (bicyclic) bond motifs is 1. The molecule has 0 spiro atoms. The number of aromatic nitrogens is 4. The highest BCUT2D eigenvalue weighted by Crippen LogP contribution is 2.36. The third-order valence-corrected chi connectivity index (χ3v) is 5.68. The predicted octanol–water partition coefficient (Wildman–Crippen LogP) is 6.19. The van der Waals surface area contributed by atoms with Gasteiger partial charge in [-0.1, -0.05) is 0 Å². The van der Waals surface area contributed by atoms with E-state index in [2.05, 4.69) is 26.3 Å². The second-order valence-corrected chi connectivity index (χ2v) is 8.24. The molecule has 3 heterocycles. The van der Waals surface area contributed by atoms with Gasteiger partial charge in [-0.3, -0.25) is 0 Å². The fraction of sp³-hybridized carbons (Fsp3) is 0.111. The van der Waals surface area contributed by atoms with Crippen LogP contribution >= 0.6 is 0 Å². The molecule has 35 heavy (non-hydrogen) atoms. The number of nitrogens with one attached hydrogen (secondary N) is 1. The molecule has 0 fully saturated rings. The Hall–Kier alpha value is -4.77. The quantitative estimate of drug-likeness (QED) is 0.312. The summed E-state index contributed by atoms with van der Waals surface area (Å²) in [5, 5.41) is 12.2. The van der Waals surface area contributed by atoms with Gasteiger partial charge in [-0.25, -0.2) is 9.97 Å². The molecule has 2 aromatic carbocycles. The zero-order valence-corrected chi connectivity index (χ0v) is 19.4. The zero-order chi connectivity index (χ0) is 24.5. The Kier molecular flexibility index (Phi) is 5.59. The Morgan fingerprint density at radius 2 is 1.71 bits per heavy atom. The molecule has 0 amide bonds. The Bertz CT molecular complexity index is 1580. The van der Waals surface area contributed by atoms with Gasteiger partial charge in [-0.2, -0.15) is 14.6 Å². The van der Waals surface area contributed by atoms with Crippen molar-refractivity contribution in [1.29, 1.82) is 5.26 Å². The first-order valence-corrected chi connectivity index (χ1v) is 10.9. The van der Waals surface area contributed by atoms with E-state index < -0.39 is 5.95 Å². The highest BCUT2D eigenvalue weighted by atomic mass is 19.1. The molecule has 0 unspecified atom stereocenters. The largest absolute Gasteiger partial charge is 0.436 e. The molecule has 1 N–H and O–H groups in total. The average Bonchev–Trinajstić information content (AvgIpc) is 3.22. The van der Waals surface area contributed by atoms with Gasteiger partial charge in [0.15, 0.2) is 0 Å². The maximum atomic E-state index is 13.6. The van der Waals surface area contributed by atoms with Crippen molar-refractivity contribution in [1.82, 2.24) is 19.5 Å². The van der Waals surface area contributed by atoms with Crippen LogP contribution in [0.3, 0.4) is 0 Å². The summed E-state index contributed by atoms with van der Waals surface area (Å²) in [4.78, 5) is 12.9. The summed E-state index contributed by atoms with van der Waals surface area (Å²) in [6.07, 6.45) is 3.35. The molecule has 0 aliphatic heterocycles. The van der Waals surface area contributed by atoms with Crippen LogP contribution in [0, 0.1) is 31.1 Å². The normalized spacial score (nSPS) is 10.8. The lowest BCUT2D eigenvalue weighted by Gasteiger charge is -2.15. The van der Waals surface area contributed by atoms with Gasteiger partial charge >= 0.3 is 0 Å². The lowest BCUT2D eigenvalue weighted by Crippen LogP contribution is -2.02. The third kappa shape index (κ3) is 4.39. The highest BCUT2D eigenvalue weighted by molar-refractivity contribution is 5.83. The number of nitriles is 1. The summed E-state index contributed by atoms with van der Waals surface area (Å²) in [6, 6.07) is 18.1. The fourth-order valence-corrected chi connectivity index (χ4v) is 4.00. The number of rotatable bonds is 5. The number of pyridine rings is 1. The lowest BCUT2D eigenvalue weighted by atomic mass is 10.0. The summed E-state index contributed by atoms with van der Waals surface area (Å²) in [5.41, 5.74) is 6.22. The van der Waals surface area contributed by atoms with E-state index in [1.807, 2.05) is 49.9 Å². The van der Waals surface area contributed by atoms with E-state index >= 15 is 0 Å². The monoisotopic (exact) mass is 464 g/mol. The molecular formula is C27H21FN6O. The van der Waals surface area contributed by atoms with Crippen LogP contribution in [0.1, 0.15) is 16.7 Å². The lowest BCUT2D eigenvalue weighted by molar-refractivity contribution is 0.459. The fourth-order valence-electron chi connectivity index (χ4n) is 4.00. The Morgan fingerprint density at radius 1 is 0.971 bits per heavy atom. The number of hydrogen-bond acceptors (Lipinski definition) is 6. The molecule has 0 radical (unpaired) electrons. The summed E-state index contributed by atoms with van der Waals surface area (Å²) in [7, 11) is 1.91. The topological polar surface area (TPSA) is 88.7 Å². The Morgan fingerprint density at radius 3 is 2.40 bits per heavy atom. The molecule has 0 aliphatic rings. The number of nitrogens with zero attached hydrogens (tertiary/aromatic N) is 5. The van der Waals surface area contributed by atoms with Gasteiger partial charge in [-0.15, -0.1) is 0 Å². The van der Waals surface area contributed by atoms with E-state index in [1.54, 1.807) is 30.3 Å². The SMILES string of the molecule is Cc1cc(-c2ccnc(F)c2)cc(C)c1Oc1nc(Nc2ccc(C#N)cc2)nc2ccn(C)c12. The van der Waals surface area contributed by atoms with Crippen LogP contribution in [0.25, 0.3) is 22.2 Å². The van der Waals surface area contributed by atoms with Crippen LogP contribution in [-0.2, 0) is 7.05 Å². The van der Waals surface area contributed by atoms with Gasteiger partial charge in [0, 0.05) is 31.2 Å². The summed E-state index contributed by atoms with van der Waals surface area (Å²) in [5.74, 6) is 0.941. The summed E-state index contributed by atoms with van der Waals surface area (Å²) in [6.45, 7) is 3.89. The van der Waals surface area contributed by atoms with Gasteiger partial charge in [-0.05, 0) is 84.6 Å². The number of benzene rings is 2. The molecule has 0 aliphatic carbocycles. The van der Waals surface area contributed by atoms with Crippen LogP contribution in [0.4, 0.5) is 16.0 Å². The summed E-state index contributed by atoms with van der Waals surface area (Å²) < 4.78 is 21.9. The molecule has 5 rings (SSSR count). The third-order valence-electron chi connectivity index (χ3n) is 5.68. The molecule has 172 valence electrons. The van der Waals surface area contributed by atoms with E-state index in [0.29, 0.717) is 23.1 Å². The van der Waals surface area contributed by atoms with Crippen LogP contribution in [0.5, 0.6) is 11.6 Å². The molecule has 0 saturated heterocycles. The molecular weight excluding hydrogens is 443 g/mol. The Balaban J connectivity index is 1.53. The molecule has 7 nitrogen and oxygen atoms in total. The van der Waals surface area contributed by atoms with Crippen LogP contribution in [-0.4, -0.2) is 19.5 Å². The van der Waals surface area contributed by atoms with E-state index in [4.69, 9.17) is 10.00 Å². The maximum absolute atomic E-state index is 13.6. The molecule has 0 bridgehead atoms. The van der Waals surface area contributed by atoms with Gasteiger partial charge in [0.25, 0.3) is 0 Å². The van der Waals surface area contributed by atoms with Crippen molar-refractivity contribution in [2.45, 2.75) is 13.8 Å². The van der Waals surface area contributed by atoms with Crippen molar-refractivity contribution in [2.75, 3.05) is 5.32 Å². The second kappa shape index (κ2) is 8.88. The average molecular weight is 465 g/mol. The second-order valence-electron chi connectivity index (χ2n) is 8.24. The van der Waals surface area contributed by atoms with Crippen molar-refractivity contribution in [3.63, 3.8) is 0 Å². The maximum Gasteiger partial charge on any atom is 0.249 e. The first-order chi connectivity index (χ1) is 16.9. The van der Waals surface area contributed by atoms with Gasteiger partial charge < -0.3 is 14.6 Å². The Labute approximate surface area is 201 Å². The number of anilines is 2. The molecule has 3 aromatic heterocycles. The molecule has 0 atom stereocenters. The van der Waals surface area contributed by atoms with Gasteiger partial charge in [0.1, 0.15) is 11.3 Å². The van der Waals surface area contributed by atoms with Gasteiger partial charge in [0.2, 0.25) is 17.8 Å². The van der Waals surface area contributed by atoms with Crippen molar-refractivity contribution in [3.8, 4) is 28.8 Å². The van der Waals surface area contributed by atoms with E-state index in [0.717, 1.165) is 39.0 Å².